The van der Waals surface area contributed by atoms with Gasteiger partial charge < -0.3 is 24.5 Å². The summed E-state index contributed by atoms with van der Waals surface area (Å²) in [5.41, 5.74) is 0.704. The average Bonchev–Trinajstić information content (AvgIpc) is 3.34. The van der Waals surface area contributed by atoms with Gasteiger partial charge in [0.1, 0.15) is 17.4 Å². The van der Waals surface area contributed by atoms with Crippen molar-refractivity contribution in [2.45, 2.75) is 12.5 Å². The lowest BCUT2D eigenvalue weighted by atomic mass is 9.78. The second kappa shape index (κ2) is 11.1. The van der Waals surface area contributed by atoms with Crippen molar-refractivity contribution in [1.82, 2.24) is 10.6 Å². The number of carbonyl (C=O) groups is 3. The molecule has 1 aliphatic heterocycles. The van der Waals surface area contributed by atoms with Gasteiger partial charge >= 0.3 is 5.97 Å². The van der Waals surface area contributed by atoms with Crippen LogP contribution in [0.2, 0.25) is 0 Å². The summed E-state index contributed by atoms with van der Waals surface area (Å²) < 4.78 is 15.8. The van der Waals surface area contributed by atoms with E-state index in [0.29, 0.717) is 21.5 Å². The molecule has 0 unspecified atom stereocenters. The Balaban J connectivity index is 1.89. The number of ether oxygens (including phenoxy) is 2. The molecule has 172 valence electrons. The molecule has 0 aliphatic carbocycles. The number of hydrogen-bond acceptors (Lipinski definition) is 8. The minimum Gasteiger partial charge on any atom is -0.496 e. The first-order valence-electron chi connectivity index (χ1n) is 9.67. The average molecular weight is 534 g/mol. The molecule has 2 N–H and O–H groups in total. The standard InChI is InChI=1S/C22H20BrN3O6S/c1-30-16-6-5-12(8-15(16)23)18-14(9-24)21(26-20(28)19(18)22(29)31-2)33-11-17(27)25-10-13-4-3-7-32-13/h3-8,18-19H,10-11H2,1-2H3,(H,25,27)(H,26,28)/t18-,19-/m1/s1. The first-order valence-corrected chi connectivity index (χ1v) is 11.5. The number of nitriles is 1. The van der Waals surface area contributed by atoms with Gasteiger partial charge in [0.05, 0.1) is 53.9 Å². The maximum Gasteiger partial charge on any atom is 0.319 e. The second-order valence-electron chi connectivity index (χ2n) is 6.86. The second-order valence-corrected chi connectivity index (χ2v) is 8.70. The zero-order chi connectivity index (χ0) is 24.0. The first kappa shape index (κ1) is 24.4. The van der Waals surface area contributed by atoms with Gasteiger partial charge in [-0.1, -0.05) is 17.8 Å². The molecule has 0 saturated carbocycles. The number of rotatable bonds is 8. The minimum atomic E-state index is -1.26. The number of amides is 2. The Bertz CT molecular complexity index is 1130. The van der Waals surface area contributed by atoms with Gasteiger partial charge in [-0.3, -0.25) is 14.4 Å². The number of esters is 1. The summed E-state index contributed by atoms with van der Waals surface area (Å²) in [6.45, 7) is 0.218. The Morgan fingerprint density at radius 3 is 2.73 bits per heavy atom. The molecule has 0 spiro atoms. The zero-order valence-corrected chi connectivity index (χ0v) is 20.1. The number of hydrogen-bond donors (Lipinski definition) is 2. The van der Waals surface area contributed by atoms with E-state index >= 15 is 0 Å². The van der Waals surface area contributed by atoms with Crippen molar-refractivity contribution in [3.63, 3.8) is 0 Å². The van der Waals surface area contributed by atoms with E-state index in [1.165, 1.54) is 20.5 Å². The molecular weight excluding hydrogens is 514 g/mol. The molecular formula is C22H20BrN3O6S. The highest BCUT2D eigenvalue weighted by atomic mass is 79.9. The van der Waals surface area contributed by atoms with Gasteiger partial charge in [-0.05, 0) is 45.8 Å². The molecule has 0 radical (unpaired) electrons. The third-order valence-electron chi connectivity index (χ3n) is 4.91. The predicted octanol–water partition coefficient (Wildman–Crippen LogP) is 2.84. The number of nitrogens with one attached hydrogen (secondary N) is 2. The van der Waals surface area contributed by atoms with Crippen molar-refractivity contribution in [3.05, 3.63) is 63.0 Å². The minimum absolute atomic E-state index is 0.0522. The Kier molecular flexibility index (Phi) is 8.19. The van der Waals surface area contributed by atoms with Crippen LogP contribution in [0.15, 0.2) is 56.1 Å². The molecule has 9 nitrogen and oxygen atoms in total. The lowest BCUT2D eigenvalue weighted by Gasteiger charge is -2.31. The molecule has 2 heterocycles. The number of allylic oxidation sites excluding steroid dienone is 1. The fourth-order valence-corrected chi connectivity index (χ4v) is 4.78. The van der Waals surface area contributed by atoms with Crippen LogP contribution in [0.1, 0.15) is 17.2 Å². The van der Waals surface area contributed by atoms with E-state index in [9.17, 15) is 19.6 Å². The van der Waals surface area contributed by atoms with Crippen LogP contribution in [0.5, 0.6) is 5.75 Å². The van der Waals surface area contributed by atoms with Gasteiger partial charge in [-0.25, -0.2) is 0 Å². The number of methoxy groups -OCH3 is 2. The van der Waals surface area contributed by atoms with E-state index in [0.717, 1.165) is 11.8 Å². The molecule has 11 heteroatoms. The van der Waals surface area contributed by atoms with E-state index in [2.05, 4.69) is 32.6 Å². The first-order chi connectivity index (χ1) is 15.9. The fourth-order valence-electron chi connectivity index (χ4n) is 3.34. The van der Waals surface area contributed by atoms with E-state index in [-0.39, 0.29) is 28.8 Å². The SMILES string of the molecule is COC(=O)[C@H]1C(=O)NC(SCC(=O)NCc2ccco2)=C(C#N)[C@H]1c1ccc(OC)c(Br)c1. The van der Waals surface area contributed by atoms with Crippen molar-refractivity contribution in [2.24, 2.45) is 5.92 Å². The third-order valence-corrected chi connectivity index (χ3v) is 6.54. The normalized spacial score (nSPS) is 17.7. The number of furan rings is 1. The summed E-state index contributed by atoms with van der Waals surface area (Å²) in [4.78, 5) is 37.6. The zero-order valence-electron chi connectivity index (χ0n) is 17.7. The van der Waals surface area contributed by atoms with E-state index in [1.54, 1.807) is 30.3 Å². The number of halogens is 1. The number of nitrogens with zero attached hydrogens (tertiary/aromatic N) is 1. The number of thioether (sulfide) groups is 1. The number of carbonyl (C=O) groups excluding carboxylic acids is 3. The Hall–Kier alpha value is -3.23. The molecule has 33 heavy (non-hydrogen) atoms. The molecule has 3 rings (SSSR count). The maximum atomic E-state index is 12.9. The Morgan fingerprint density at radius 1 is 1.33 bits per heavy atom. The van der Waals surface area contributed by atoms with Gasteiger partial charge in [0.25, 0.3) is 0 Å². The fraction of sp³-hybridized carbons (Fsp3) is 0.273. The van der Waals surface area contributed by atoms with Crippen molar-refractivity contribution in [3.8, 4) is 11.8 Å². The summed E-state index contributed by atoms with van der Waals surface area (Å²) >= 11 is 4.40. The Morgan fingerprint density at radius 2 is 2.12 bits per heavy atom. The summed E-state index contributed by atoms with van der Waals surface area (Å²) in [6.07, 6.45) is 1.51. The molecule has 0 fully saturated rings. The van der Waals surface area contributed by atoms with Crippen LogP contribution >= 0.6 is 27.7 Å². The molecule has 0 bridgehead atoms. The lowest BCUT2D eigenvalue weighted by Crippen LogP contribution is -2.44. The quantitative estimate of drug-likeness (QED) is 0.391. The smallest absolute Gasteiger partial charge is 0.319 e. The van der Waals surface area contributed by atoms with Gasteiger partial charge in [-0.15, -0.1) is 0 Å². The largest absolute Gasteiger partial charge is 0.496 e. The lowest BCUT2D eigenvalue weighted by molar-refractivity contribution is -0.150. The van der Waals surface area contributed by atoms with Crippen LogP contribution in [0, 0.1) is 17.2 Å². The predicted molar refractivity (Wildman–Crippen MR) is 123 cm³/mol. The van der Waals surface area contributed by atoms with Gasteiger partial charge in [0.2, 0.25) is 11.8 Å². The molecule has 1 aromatic carbocycles. The molecule has 0 saturated heterocycles. The third kappa shape index (κ3) is 5.58. The maximum absolute atomic E-state index is 12.9. The number of benzene rings is 1. The highest BCUT2D eigenvalue weighted by molar-refractivity contribution is 9.10. The van der Waals surface area contributed by atoms with Crippen LogP contribution in [-0.2, 0) is 25.7 Å². The summed E-state index contributed by atoms with van der Waals surface area (Å²) in [6, 6.07) is 10.6. The van der Waals surface area contributed by atoms with Crippen molar-refractivity contribution < 1.29 is 28.3 Å². The molecule has 2 aromatic rings. The van der Waals surface area contributed by atoms with Gasteiger partial charge in [0, 0.05) is 5.92 Å². The van der Waals surface area contributed by atoms with E-state index in [1.807, 2.05) is 0 Å². The van der Waals surface area contributed by atoms with Gasteiger partial charge in [-0.2, -0.15) is 5.26 Å². The molecule has 1 aromatic heterocycles. The van der Waals surface area contributed by atoms with Crippen molar-refractivity contribution >= 4 is 45.5 Å². The van der Waals surface area contributed by atoms with Crippen LogP contribution in [0.3, 0.4) is 0 Å². The molecule has 2 atom stereocenters. The monoisotopic (exact) mass is 533 g/mol. The Labute approximate surface area is 202 Å². The van der Waals surface area contributed by atoms with E-state index < -0.39 is 23.7 Å². The van der Waals surface area contributed by atoms with Crippen LogP contribution in [0.4, 0.5) is 0 Å². The van der Waals surface area contributed by atoms with Crippen molar-refractivity contribution in [2.75, 3.05) is 20.0 Å². The van der Waals surface area contributed by atoms with Crippen LogP contribution in [0.25, 0.3) is 0 Å². The van der Waals surface area contributed by atoms with Gasteiger partial charge in [0.15, 0.2) is 0 Å². The molecule has 1 aliphatic rings. The highest BCUT2D eigenvalue weighted by Crippen LogP contribution is 2.42. The molecule has 2 amide bonds. The topological polar surface area (TPSA) is 131 Å². The van der Waals surface area contributed by atoms with Crippen LogP contribution in [-0.4, -0.2) is 37.8 Å². The summed E-state index contributed by atoms with van der Waals surface area (Å²) in [5, 5.41) is 15.4. The summed E-state index contributed by atoms with van der Waals surface area (Å²) in [5.74, 6) is -2.75. The highest BCUT2D eigenvalue weighted by Gasteiger charge is 2.44. The van der Waals surface area contributed by atoms with Crippen LogP contribution < -0.4 is 15.4 Å². The summed E-state index contributed by atoms with van der Waals surface area (Å²) in [7, 11) is 2.69. The van der Waals surface area contributed by atoms with Crippen molar-refractivity contribution in [1.29, 1.82) is 5.26 Å². The van der Waals surface area contributed by atoms with E-state index in [4.69, 9.17) is 13.9 Å².